The van der Waals surface area contributed by atoms with E-state index in [4.69, 9.17) is 0 Å². The van der Waals surface area contributed by atoms with Gasteiger partial charge in [0, 0.05) is 5.56 Å². The highest BCUT2D eigenvalue weighted by molar-refractivity contribution is 5.13. The Hall–Kier alpha value is -0.820. The third kappa shape index (κ3) is 2.65. The van der Waals surface area contributed by atoms with Crippen molar-refractivity contribution in [2.24, 2.45) is 0 Å². The molecule has 0 bridgehead atoms. The molecule has 1 aromatic rings. The molecule has 1 rings (SSSR count). The Labute approximate surface area is 101 Å². The molecule has 1 nitrogen and oxygen atoms in total. The van der Waals surface area contributed by atoms with E-state index in [2.05, 4.69) is 65.0 Å². The van der Waals surface area contributed by atoms with Gasteiger partial charge in [-0.05, 0) is 34.6 Å². The molecule has 0 atom stereocenters. The Bertz CT molecular complexity index is 292. The van der Waals surface area contributed by atoms with E-state index in [1.54, 1.807) is 0 Å². The maximum atomic E-state index is 2.34. The first-order valence-corrected chi connectivity index (χ1v) is 6.43. The van der Waals surface area contributed by atoms with Crippen LogP contribution in [0.1, 0.15) is 40.2 Å². The van der Waals surface area contributed by atoms with Gasteiger partial charge in [-0.2, -0.15) is 0 Å². The van der Waals surface area contributed by atoms with Crippen LogP contribution >= 0.6 is 0 Å². The van der Waals surface area contributed by atoms with Gasteiger partial charge in [-0.3, -0.25) is 0 Å². The van der Waals surface area contributed by atoms with Crippen LogP contribution in [0.2, 0.25) is 0 Å². The number of rotatable bonds is 5. The van der Waals surface area contributed by atoms with Gasteiger partial charge in [0.2, 0.25) is 0 Å². The van der Waals surface area contributed by atoms with E-state index >= 15 is 0 Å². The minimum atomic E-state index is 0.671. The highest BCUT2D eigenvalue weighted by Crippen LogP contribution is 2.23. The summed E-state index contributed by atoms with van der Waals surface area (Å²) in [6.07, 6.45) is 0. The minimum Gasteiger partial charge on any atom is -0.316 e. The van der Waals surface area contributed by atoms with Crippen molar-refractivity contribution < 1.29 is 4.48 Å². The molecule has 0 amide bonds. The molecule has 0 fully saturated rings. The summed E-state index contributed by atoms with van der Waals surface area (Å²) in [5.41, 5.74) is 1.45. The first-order chi connectivity index (χ1) is 7.53. The van der Waals surface area contributed by atoms with Crippen LogP contribution in [0.4, 0.5) is 0 Å². The second-order valence-electron chi connectivity index (χ2n) is 5.25. The van der Waals surface area contributed by atoms with Gasteiger partial charge in [-0.15, -0.1) is 0 Å². The molecule has 0 aliphatic carbocycles. The molecule has 0 aliphatic heterocycles. The molecular weight excluding hydrogens is 194 g/mol. The summed E-state index contributed by atoms with van der Waals surface area (Å²) in [4.78, 5) is 0. The van der Waals surface area contributed by atoms with Gasteiger partial charge in [0.25, 0.3) is 0 Å². The van der Waals surface area contributed by atoms with Crippen LogP contribution in [0.15, 0.2) is 30.3 Å². The first-order valence-electron chi connectivity index (χ1n) is 6.43. The van der Waals surface area contributed by atoms with Gasteiger partial charge in [-0.1, -0.05) is 30.3 Å². The molecule has 0 radical (unpaired) electrons. The fourth-order valence-electron chi connectivity index (χ4n) is 2.73. The Morgan fingerprint density at radius 2 is 1.44 bits per heavy atom. The van der Waals surface area contributed by atoms with Crippen LogP contribution in [-0.2, 0) is 6.54 Å². The third-order valence-electron chi connectivity index (χ3n) is 3.97. The van der Waals surface area contributed by atoms with Gasteiger partial charge >= 0.3 is 0 Å². The zero-order valence-corrected chi connectivity index (χ0v) is 11.4. The summed E-state index contributed by atoms with van der Waals surface area (Å²) in [6.45, 7) is 14.0. The van der Waals surface area contributed by atoms with E-state index in [1.165, 1.54) is 16.6 Å². The monoisotopic (exact) mass is 220 g/mol. The largest absolute Gasteiger partial charge is 0.316 e. The highest BCUT2D eigenvalue weighted by Gasteiger charge is 2.32. The normalized spacial score (nSPS) is 12.4. The Morgan fingerprint density at radius 1 is 0.938 bits per heavy atom. The number of hydrogen-bond acceptors (Lipinski definition) is 0. The summed E-state index contributed by atoms with van der Waals surface area (Å²) in [5, 5.41) is 0. The van der Waals surface area contributed by atoms with E-state index in [0.717, 1.165) is 6.54 Å². The topological polar surface area (TPSA) is 0 Å². The summed E-state index contributed by atoms with van der Waals surface area (Å²) < 4.78 is 1.17. The molecule has 90 valence electrons. The predicted molar refractivity (Wildman–Crippen MR) is 71.2 cm³/mol. The maximum absolute atomic E-state index is 2.34. The van der Waals surface area contributed by atoms with Crippen molar-refractivity contribution in [3.05, 3.63) is 35.9 Å². The third-order valence-corrected chi connectivity index (χ3v) is 3.97. The van der Waals surface area contributed by atoms with Gasteiger partial charge < -0.3 is 4.48 Å². The van der Waals surface area contributed by atoms with E-state index in [9.17, 15) is 0 Å². The van der Waals surface area contributed by atoms with E-state index < -0.39 is 0 Å². The molecule has 0 aliphatic rings. The van der Waals surface area contributed by atoms with Gasteiger partial charge in [0.05, 0.1) is 18.6 Å². The molecule has 0 saturated carbocycles. The van der Waals surface area contributed by atoms with Crippen molar-refractivity contribution in [2.75, 3.05) is 6.54 Å². The minimum absolute atomic E-state index is 0.671. The fourth-order valence-corrected chi connectivity index (χ4v) is 2.73. The zero-order chi connectivity index (χ0) is 12.2. The second-order valence-corrected chi connectivity index (χ2v) is 5.25. The molecular formula is C15H26N+. The molecule has 1 heteroatoms. The van der Waals surface area contributed by atoms with Crippen molar-refractivity contribution in [3.63, 3.8) is 0 Å². The molecule has 0 heterocycles. The van der Waals surface area contributed by atoms with Crippen LogP contribution in [0.5, 0.6) is 0 Å². The molecule has 0 unspecified atom stereocenters. The smallest absolute Gasteiger partial charge is 0.105 e. The quantitative estimate of drug-likeness (QED) is 0.661. The number of nitrogens with zero attached hydrogens (tertiary/aromatic N) is 1. The lowest BCUT2D eigenvalue weighted by atomic mass is 10.1. The van der Waals surface area contributed by atoms with E-state index in [-0.39, 0.29) is 0 Å². The Morgan fingerprint density at radius 3 is 1.81 bits per heavy atom. The van der Waals surface area contributed by atoms with E-state index in [1.807, 2.05) is 0 Å². The van der Waals surface area contributed by atoms with Crippen molar-refractivity contribution in [3.8, 4) is 0 Å². The lowest BCUT2D eigenvalue weighted by Crippen LogP contribution is -2.56. The highest BCUT2D eigenvalue weighted by atomic mass is 15.4. The summed E-state index contributed by atoms with van der Waals surface area (Å²) in [5.74, 6) is 0. The van der Waals surface area contributed by atoms with Crippen molar-refractivity contribution in [1.29, 1.82) is 0 Å². The first kappa shape index (κ1) is 13.2. The average molecular weight is 220 g/mol. The molecule has 0 N–H and O–H groups in total. The summed E-state index contributed by atoms with van der Waals surface area (Å²) >= 11 is 0. The van der Waals surface area contributed by atoms with Gasteiger partial charge in [-0.25, -0.2) is 0 Å². The average Bonchev–Trinajstić information content (AvgIpc) is 2.26. The van der Waals surface area contributed by atoms with Gasteiger partial charge in [0.1, 0.15) is 6.54 Å². The number of quaternary nitrogens is 1. The predicted octanol–water partition coefficient (Wildman–Crippen LogP) is 3.84. The van der Waals surface area contributed by atoms with E-state index in [0.29, 0.717) is 12.1 Å². The van der Waals surface area contributed by atoms with Gasteiger partial charge in [0.15, 0.2) is 0 Å². The molecule has 0 aromatic heterocycles. The zero-order valence-electron chi connectivity index (χ0n) is 11.4. The lowest BCUT2D eigenvalue weighted by Gasteiger charge is -2.45. The number of benzene rings is 1. The molecule has 1 aromatic carbocycles. The van der Waals surface area contributed by atoms with Crippen LogP contribution in [0.25, 0.3) is 0 Å². The van der Waals surface area contributed by atoms with Crippen molar-refractivity contribution >= 4 is 0 Å². The Balaban J connectivity index is 2.95. The van der Waals surface area contributed by atoms with Crippen molar-refractivity contribution in [1.82, 2.24) is 0 Å². The Kier molecular flexibility index (Phi) is 4.55. The fraction of sp³-hybridized carbons (Fsp3) is 0.600. The second kappa shape index (κ2) is 5.49. The number of hydrogen-bond donors (Lipinski definition) is 0. The van der Waals surface area contributed by atoms with Crippen LogP contribution in [-0.4, -0.2) is 23.1 Å². The summed E-state index contributed by atoms with van der Waals surface area (Å²) in [7, 11) is 0. The maximum Gasteiger partial charge on any atom is 0.105 e. The van der Waals surface area contributed by atoms with Crippen LogP contribution in [0.3, 0.4) is 0 Å². The lowest BCUT2D eigenvalue weighted by molar-refractivity contribution is -0.977. The van der Waals surface area contributed by atoms with Crippen molar-refractivity contribution in [2.45, 2.75) is 53.2 Å². The molecule has 0 spiro atoms. The standard InChI is InChI=1S/C15H26N/c1-6-16(13(2)3,14(4)5)12-15-10-8-7-9-11-15/h7-11,13-14H,6,12H2,1-5H3/q+1. The SMILES string of the molecule is CC[N+](Cc1ccccc1)(C(C)C)C(C)C. The van der Waals surface area contributed by atoms with Crippen LogP contribution < -0.4 is 0 Å². The molecule has 16 heavy (non-hydrogen) atoms. The molecule has 0 saturated heterocycles. The van der Waals surface area contributed by atoms with Crippen LogP contribution in [0, 0.1) is 0 Å². The summed E-state index contributed by atoms with van der Waals surface area (Å²) in [6, 6.07) is 12.2.